The number of nitrogens with zero attached hydrogens (tertiary/aromatic N) is 1. The minimum Gasteiger partial charge on any atom is -0.495 e. The predicted molar refractivity (Wildman–Crippen MR) is 135 cm³/mol. The van der Waals surface area contributed by atoms with Crippen LogP contribution in [0.5, 0.6) is 11.5 Å². The van der Waals surface area contributed by atoms with E-state index in [1.165, 1.54) is 19.3 Å². The number of esters is 1. The molecule has 0 bridgehead atoms. The normalized spacial score (nSPS) is 14.7. The average molecular weight is 600 g/mol. The monoisotopic (exact) mass is 598 g/mol. The van der Waals surface area contributed by atoms with Crippen molar-refractivity contribution in [2.45, 2.75) is 0 Å². The molecule has 1 fully saturated rings. The lowest BCUT2D eigenvalue weighted by atomic mass is 10.1. The third kappa shape index (κ3) is 5.03. The molecule has 35 heavy (non-hydrogen) atoms. The Labute approximate surface area is 216 Å². The number of para-hydroxylation sites is 2. The van der Waals surface area contributed by atoms with Gasteiger partial charge in [-0.15, -0.1) is 0 Å². The Hall–Kier alpha value is -3.76. The molecule has 3 aromatic carbocycles. The number of urea groups is 1. The molecule has 0 radical (unpaired) electrons. The molecule has 0 unspecified atom stereocenters. The van der Waals surface area contributed by atoms with Gasteiger partial charge in [-0.05, 0) is 58.4 Å². The van der Waals surface area contributed by atoms with Crippen LogP contribution in [-0.4, -0.2) is 30.9 Å². The lowest BCUT2D eigenvalue weighted by Gasteiger charge is -2.27. The number of carbonyl (C=O) groups excluding carboxylic acids is 4. The molecule has 176 valence electrons. The van der Waals surface area contributed by atoms with Gasteiger partial charge in [-0.2, -0.15) is 0 Å². The average Bonchev–Trinajstić information content (AvgIpc) is 2.84. The summed E-state index contributed by atoms with van der Waals surface area (Å²) in [6, 6.07) is 17.1. The van der Waals surface area contributed by atoms with Crippen LogP contribution in [0.15, 0.2) is 81.2 Å². The Kier molecular flexibility index (Phi) is 7.13. The number of benzene rings is 3. The Morgan fingerprint density at radius 3 is 2.37 bits per heavy atom. The molecule has 0 aromatic heterocycles. The first kappa shape index (κ1) is 24.4. The van der Waals surface area contributed by atoms with Gasteiger partial charge in [-0.1, -0.05) is 46.3 Å². The molecule has 1 N–H and O–H groups in total. The van der Waals surface area contributed by atoms with Crippen molar-refractivity contribution in [3.05, 3.63) is 92.4 Å². The number of ether oxygens (including phenoxy) is 2. The maximum atomic E-state index is 13.3. The molecule has 8 nitrogen and oxygen atoms in total. The van der Waals surface area contributed by atoms with Gasteiger partial charge in [0, 0.05) is 10.0 Å². The molecule has 0 atom stereocenters. The third-order valence-electron chi connectivity index (χ3n) is 4.97. The summed E-state index contributed by atoms with van der Waals surface area (Å²) in [6.45, 7) is 0. The molecule has 1 heterocycles. The molecule has 1 saturated heterocycles. The van der Waals surface area contributed by atoms with Crippen LogP contribution in [0.1, 0.15) is 15.9 Å². The molecule has 4 amide bonds. The molecule has 1 aliphatic heterocycles. The van der Waals surface area contributed by atoms with Gasteiger partial charge < -0.3 is 9.47 Å². The Bertz CT molecular complexity index is 1390. The summed E-state index contributed by atoms with van der Waals surface area (Å²) in [6.07, 6.45) is 1.26. The van der Waals surface area contributed by atoms with Crippen molar-refractivity contribution >= 4 is 67.4 Å². The first-order valence-electron chi connectivity index (χ1n) is 10.1. The van der Waals surface area contributed by atoms with Gasteiger partial charge >= 0.3 is 12.0 Å². The predicted octanol–water partition coefficient (Wildman–Crippen LogP) is 5.11. The molecule has 3 aromatic rings. The number of hydrogen-bond acceptors (Lipinski definition) is 6. The standard InChI is InChI=1S/C25H16Br2N2O6/c1-34-20-10-6-5-9-19(20)29-23(31)17(22(30)28-25(29)33)12-15-11-16(26)13-18(27)21(15)35-24(32)14-7-3-2-4-8-14/h2-13H,1H3,(H,28,30,33)/b17-12-. The number of halogens is 2. The van der Waals surface area contributed by atoms with Crippen molar-refractivity contribution in [3.8, 4) is 11.5 Å². The topological polar surface area (TPSA) is 102 Å². The summed E-state index contributed by atoms with van der Waals surface area (Å²) in [7, 11) is 1.40. The molecular formula is C25H16Br2N2O6. The SMILES string of the molecule is COc1ccccc1N1C(=O)NC(=O)/C(=C/c2cc(Br)cc(Br)c2OC(=O)c2ccccc2)C1=O. The first-order valence-corrected chi connectivity index (χ1v) is 11.7. The zero-order chi connectivity index (χ0) is 25.1. The van der Waals surface area contributed by atoms with Gasteiger partial charge in [0.25, 0.3) is 11.8 Å². The molecular weight excluding hydrogens is 584 g/mol. The zero-order valence-corrected chi connectivity index (χ0v) is 21.3. The van der Waals surface area contributed by atoms with Gasteiger partial charge in [0.1, 0.15) is 11.3 Å². The second-order valence-corrected chi connectivity index (χ2v) is 8.96. The molecule has 0 saturated carbocycles. The Balaban J connectivity index is 1.77. The zero-order valence-electron chi connectivity index (χ0n) is 18.1. The van der Waals surface area contributed by atoms with E-state index in [1.807, 2.05) is 0 Å². The number of amides is 4. The third-order valence-corrected chi connectivity index (χ3v) is 6.02. The summed E-state index contributed by atoms with van der Waals surface area (Å²) in [5.74, 6) is -2.01. The number of anilines is 1. The smallest absolute Gasteiger partial charge is 0.343 e. The highest BCUT2D eigenvalue weighted by molar-refractivity contribution is 9.11. The number of imide groups is 2. The summed E-state index contributed by atoms with van der Waals surface area (Å²) >= 11 is 6.73. The van der Waals surface area contributed by atoms with E-state index in [9.17, 15) is 19.2 Å². The van der Waals surface area contributed by atoms with E-state index in [1.54, 1.807) is 60.7 Å². The van der Waals surface area contributed by atoms with E-state index >= 15 is 0 Å². The highest BCUT2D eigenvalue weighted by Gasteiger charge is 2.38. The molecule has 10 heteroatoms. The van der Waals surface area contributed by atoms with Crippen LogP contribution in [0, 0.1) is 0 Å². The highest BCUT2D eigenvalue weighted by atomic mass is 79.9. The Morgan fingerprint density at radius 2 is 1.66 bits per heavy atom. The van der Waals surface area contributed by atoms with E-state index < -0.39 is 23.8 Å². The summed E-state index contributed by atoms with van der Waals surface area (Å²) in [4.78, 5) is 52.1. The van der Waals surface area contributed by atoms with Gasteiger partial charge in [-0.25, -0.2) is 14.5 Å². The van der Waals surface area contributed by atoms with Crippen LogP contribution in [0.25, 0.3) is 6.08 Å². The fraction of sp³-hybridized carbons (Fsp3) is 0.0400. The van der Waals surface area contributed by atoms with E-state index in [0.717, 1.165) is 4.90 Å². The van der Waals surface area contributed by atoms with Crippen molar-refractivity contribution < 1.29 is 28.7 Å². The van der Waals surface area contributed by atoms with Crippen molar-refractivity contribution in [1.29, 1.82) is 0 Å². The summed E-state index contributed by atoms with van der Waals surface area (Å²) in [5.41, 5.74) is 0.406. The van der Waals surface area contributed by atoms with Crippen LogP contribution >= 0.6 is 31.9 Å². The highest BCUT2D eigenvalue weighted by Crippen LogP contribution is 2.36. The minimum absolute atomic E-state index is 0.0934. The van der Waals surface area contributed by atoms with Crippen LogP contribution < -0.4 is 19.7 Å². The quantitative estimate of drug-likeness (QED) is 0.189. The molecule has 4 rings (SSSR count). The fourth-order valence-electron chi connectivity index (χ4n) is 3.37. The van der Waals surface area contributed by atoms with E-state index in [-0.39, 0.29) is 28.3 Å². The number of carbonyl (C=O) groups is 4. The Morgan fingerprint density at radius 1 is 0.971 bits per heavy atom. The van der Waals surface area contributed by atoms with Crippen LogP contribution in [0.3, 0.4) is 0 Å². The van der Waals surface area contributed by atoms with E-state index in [4.69, 9.17) is 9.47 Å². The van der Waals surface area contributed by atoms with E-state index in [2.05, 4.69) is 37.2 Å². The van der Waals surface area contributed by atoms with Gasteiger partial charge in [-0.3, -0.25) is 14.9 Å². The molecule has 0 aliphatic carbocycles. The maximum absolute atomic E-state index is 13.3. The number of methoxy groups -OCH3 is 1. The summed E-state index contributed by atoms with van der Waals surface area (Å²) < 4.78 is 11.9. The number of rotatable bonds is 5. The fourth-order valence-corrected chi connectivity index (χ4v) is 4.71. The van der Waals surface area contributed by atoms with Gasteiger partial charge in [0.15, 0.2) is 5.75 Å². The first-order chi connectivity index (χ1) is 16.8. The van der Waals surface area contributed by atoms with Crippen molar-refractivity contribution in [1.82, 2.24) is 5.32 Å². The maximum Gasteiger partial charge on any atom is 0.343 e. The molecule has 0 spiro atoms. The van der Waals surface area contributed by atoms with Crippen molar-refractivity contribution in [3.63, 3.8) is 0 Å². The lowest BCUT2D eigenvalue weighted by Crippen LogP contribution is -2.54. The van der Waals surface area contributed by atoms with E-state index in [0.29, 0.717) is 14.5 Å². The van der Waals surface area contributed by atoms with Crippen LogP contribution in [0.2, 0.25) is 0 Å². The van der Waals surface area contributed by atoms with Crippen LogP contribution in [0.4, 0.5) is 10.5 Å². The second kappa shape index (κ2) is 10.2. The largest absolute Gasteiger partial charge is 0.495 e. The van der Waals surface area contributed by atoms with Crippen molar-refractivity contribution in [2.24, 2.45) is 0 Å². The van der Waals surface area contributed by atoms with Crippen molar-refractivity contribution in [2.75, 3.05) is 12.0 Å². The molecule has 1 aliphatic rings. The number of barbiturate groups is 1. The minimum atomic E-state index is -0.909. The lowest BCUT2D eigenvalue weighted by molar-refractivity contribution is -0.122. The number of hydrogen-bond donors (Lipinski definition) is 1. The van der Waals surface area contributed by atoms with Gasteiger partial charge in [0.05, 0.1) is 22.8 Å². The summed E-state index contributed by atoms with van der Waals surface area (Å²) in [5, 5.41) is 2.17. The number of nitrogens with one attached hydrogen (secondary N) is 1. The van der Waals surface area contributed by atoms with Gasteiger partial charge in [0.2, 0.25) is 0 Å². The van der Waals surface area contributed by atoms with Crippen LogP contribution in [-0.2, 0) is 9.59 Å². The second-order valence-electron chi connectivity index (χ2n) is 7.19.